The molecule has 0 atom stereocenters. The van der Waals surface area contributed by atoms with Gasteiger partial charge >= 0.3 is 0 Å². The number of ether oxygens (including phenoxy) is 1. The molecule has 5 rings (SSSR count). The predicted molar refractivity (Wildman–Crippen MR) is 135 cm³/mol. The Kier molecular flexibility index (Phi) is 7.35. The minimum absolute atomic E-state index is 0.0966. The lowest BCUT2D eigenvalue weighted by Gasteiger charge is -2.36. The van der Waals surface area contributed by atoms with E-state index < -0.39 is 10.0 Å². The zero-order chi connectivity index (χ0) is 24.5. The predicted octanol–water partition coefficient (Wildman–Crippen LogP) is 1.80. The Hall–Kier alpha value is -1.75. The van der Waals surface area contributed by atoms with Crippen LogP contribution in [-0.4, -0.2) is 104 Å². The van der Waals surface area contributed by atoms with E-state index in [2.05, 4.69) is 21.7 Å². The zero-order valence-electron chi connectivity index (χ0n) is 20.9. The van der Waals surface area contributed by atoms with Gasteiger partial charge < -0.3 is 9.64 Å². The summed E-state index contributed by atoms with van der Waals surface area (Å²) in [5.41, 5.74) is 0.465. The van der Waals surface area contributed by atoms with E-state index in [1.807, 2.05) is 6.07 Å². The molecule has 194 valence electrons. The van der Waals surface area contributed by atoms with Crippen LogP contribution in [0.4, 0.5) is 5.82 Å². The average Bonchev–Trinajstić information content (AvgIpc) is 3.58. The van der Waals surface area contributed by atoms with E-state index in [4.69, 9.17) is 4.74 Å². The normalized spacial score (nSPS) is 24.4. The van der Waals surface area contributed by atoms with Gasteiger partial charge in [-0.25, -0.2) is 13.4 Å². The highest BCUT2D eigenvalue weighted by Crippen LogP contribution is 2.42. The third kappa shape index (κ3) is 5.98. The minimum Gasteiger partial charge on any atom is -0.492 e. The van der Waals surface area contributed by atoms with Gasteiger partial charge in [0, 0.05) is 18.6 Å². The molecule has 1 aliphatic carbocycles. The van der Waals surface area contributed by atoms with Crippen LogP contribution in [0.15, 0.2) is 18.3 Å². The van der Waals surface area contributed by atoms with Crippen molar-refractivity contribution in [1.82, 2.24) is 19.1 Å². The fraction of sp³-hybridized carbons (Fsp3) is 0.760. The Morgan fingerprint density at radius 2 is 1.86 bits per heavy atom. The van der Waals surface area contributed by atoms with Crippen molar-refractivity contribution in [3.8, 4) is 5.75 Å². The van der Waals surface area contributed by atoms with Gasteiger partial charge in [0.05, 0.1) is 25.1 Å². The molecule has 35 heavy (non-hydrogen) atoms. The maximum atomic E-state index is 12.7. The van der Waals surface area contributed by atoms with Crippen molar-refractivity contribution in [3.05, 3.63) is 18.3 Å². The standard InChI is InChI=1S/C25H39N5O4S/c1-25(8-9-25)28-13-6-21(7-14-28)20-34-22-4-5-23(26-18-22)30-16-15-29(19-24(30)31)35(32,33)17-3-12-27-10-2-11-27/h4-5,18,21H,2-3,6-17,19-20H2,1H3. The molecule has 0 unspecified atom stereocenters. The van der Waals surface area contributed by atoms with Gasteiger partial charge in [-0.2, -0.15) is 4.31 Å². The number of sulfonamides is 1. The molecular formula is C25H39N5O4S. The quantitative estimate of drug-likeness (QED) is 0.479. The third-order valence-electron chi connectivity index (χ3n) is 8.24. The van der Waals surface area contributed by atoms with E-state index in [1.165, 1.54) is 36.4 Å². The first-order valence-corrected chi connectivity index (χ1v) is 14.8. The van der Waals surface area contributed by atoms with Crippen LogP contribution in [0.3, 0.4) is 0 Å². The summed E-state index contributed by atoms with van der Waals surface area (Å²) in [6.07, 6.45) is 8.47. The van der Waals surface area contributed by atoms with E-state index in [-0.39, 0.29) is 18.2 Å². The molecule has 4 heterocycles. The molecule has 4 fully saturated rings. The first kappa shape index (κ1) is 24.9. The fourth-order valence-corrected chi connectivity index (χ4v) is 6.72. The third-order valence-corrected chi connectivity index (χ3v) is 10.1. The van der Waals surface area contributed by atoms with Crippen LogP contribution in [0.25, 0.3) is 0 Å². The van der Waals surface area contributed by atoms with E-state index in [0.717, 1.165) is 32.7 Å². The van der Waals surface area contributed by atoms with Crippen molar-refractivity contribution in [2.75, 3.05) is 69.6 Å². The Morgan fingerprint density at radius 3 is 2.46 bits per heavy atom. The molecule has 0 spiro atoms. The summed E-state index contributed by atoms with van der Waals surface area (Å²) in [6.45, 7) is 8.81. The highest BCUT2D eigenvalue weighted by atomic mass is 32.2. The first-order valence-electron chi connectivity index (χ1n) is 13.2. The number of anilines is 1. The van der Waals surface area contributed by atoms with Crippen LogP contribution in [0.1, 0.15) is 45.4 Å². The lowest BCUT2D eigenvalue weighted by atomic mass is 9.96. The summed E-state index contributed by atoms with van der Waals surface area (Å²) >= 11 is 0. The first-order chi connectivity index (χ1) is 16.8. The number of aromatic nitrogens is 1. The number of piperidine rings is 1. The highest BCUT2D eigenvalue weighted by Gasteiger charge is 2.44. The van der Waals surface area contributed by atoms with Gasteiger partial charge in [-0.1, -0.05) is 0 Å². The van der Waals surface area contributed by atoms with Gasteiger partial charge in [0.25, 0.3) is 0 Å². The topological polar surface area (TPSA) is 86.3 Å². The highest BCUT2D eigenvalue weighted by molar-refractivity contribution is 7.89. The number of nitrogens with zero attached hydrogens (tertiary/aromatic N) is 5. The fourth-order valence-electron chi connectivity index (χ4n) is 5.30. The van der Waals surface area contributed by atoms with Gasteiger partial charge in [-0.05, 0) is 96.2 Å². The molecule has 1 amide bonds. The van der Waals surface area contributed by atoms with Gasteiger partial charge in [-0.3, -0.25) is 14.6 Å². The number of carbonyl (C=O) groups is 1. The largest absolute Gasteiger partial charge is 0.492 e. The van der Waals surface area contributed by atoms with Gasteiger partial charge in [-0.15, -0.1) is 0 Å². The second-order valence-electron chi connectivity index (χ2n) is 10.8. The Morgan fingerprint density at radius 1 is 1.09 bits per heavy atom. The van der Waals surface area contributed by atoms with Crippen LogP contribution < -0.4 is 9.64 Å². The van der Waals surface area contributed by atoms with Crippen molar-refractivity contribution >= 4 is 21.7 Å². The molecule has 0 N–H and O–H groups in total. The minimum atomic E-state index is -3.42. The molecule has 3 saturated heterocycles. The molecule has 1 aromatic heterocycles. The van der Waals surface area contributed by atoms with Crippen molar-refractivity contribution in [2.45, 2.75) is 51.0 Å². The molecule has 1 aromatic rings. The number of hydrogen-bond donors (Lipinski definition) is 0. The molecule has 1 saturated carbocycles. The van der Waals surface area contributed by atoms with Crippen LogP contribution in [0.5, 0.6) is 5.75 Å². The number of rotatable bonds is 10. The smallest absolute Gasteiger partial charge is 0.243 e. The summed E-state index contributed by atoms with van der Waals surface area (Å²) in [4.78, 5) is 23.7. The molecule has 3 aliphatic heterocycles. The summed E-state index contributed by atoms with van der Waals surface area (Å²) in [6, 6.07) is 3.65. The second kappa shape index (κ2) is 10.3. The lowest BCUT2D eigenvalue weighted by Crippen LogP contribution is -2.53. The second-order valence-corrected chi connectivity index (χ2v) is 12.9. The summed E-state index contributed by atoms with van der Waals surface area (Å²) in [5.74, 6) is 1.68. The van der Waals surface area contributed by atoms with Crippen molar-refractivity contribution in [1.29, 1.82) is 0 Å². The van der Waals surface area contributed by atoms with E-state index in [9.17, 15) is 13.2 Å². The number of hydrogen-bond acceptors (Lipinski definition) is 7. The van der Waals surface area contributed by atoms with Crippen LogP contribution in [0.2, 0.25) is 0 Å². The molecular weight excluding hydrogens is 466 g/mol. The molecule has 0 radical (unpaired) electrons. The number of amides is 1. The molecule has 4 aliphatic rings. The Balaban J connectivity index is 1.06. The Bertz CT molecular complexity index is 986. The molecule has 0 bridgehead atoms. The van der Waals surface area contributed by atoms with Crippen LogP contribution in [-0.2, 0) is 14.8 Å². The van der Waals surface area contributed by atoms with E-state index in [1.54, 1.807) is 17.2 Å². The monoisotopic (exact) mass is 505 g/mol. The number of carbonyl (C=O) groups excluding carboxylic acids is 1. The van der Waals surface area contributed by atoms with Crippen molar-refractivity contribution in [2.24, 2.45) is 5.92 Å². The van der Waals surface area contributed by atoms with Crippen LogP contribution >= 0.6 is 0 Å². The number of pyridine rings is 1. The zero-order valence-corrected chi connectivity index (χ0v) is 21.7. The SMILES string of the molecule is CC1(N2CCC(COc3ccc(N4CCN(S(=O)(=O)CCCN5CCC5)CC4=O)nc3)CC2)CC1. The van der Waals surface area contributed by atoms with Crippen LogP contribution in [0, 0.1) is 5.92 Å². The molecule has 0 aromatic carbocycles. The van der Waals surface area contributed by atoms with Crippen molar-refractivity contribution < 1.29 is 17.9 Å². The van der Waals surface area contributed by atoms with E-state index in [0.29, 0.717) is 49.1 Å². The van der Waals surface area contributed by atoms with Gasteiger partial charge in [0.2, 0.25) is 15.9 Å². The maximum absolute atomic E-state index is 12.7. The van der Waals surface area contributed by atoms with E-state index >= 15 is 0 Å². The summed E-state index contributed by atoms with van der Waals surface area (Å²) < 4.78 is 32.7. The number of piperazine rings is 1. The number of likely N-dealkylation sites (tertiary alicyclic amines) is 2. The van der Waals surface area contributed by atoms with Crippen molar-refractivity contribution in [3.63, 3.8) is 0 Å². The summed E-state index contributed by atoms with van der Waals surface area (Å²) in [7, 11) is -3.42. The van der Waals surface area contributed by atoms with Gasteiger partial charge in [0.1, 0.15) is 11.6 Å². The molecule has 10 heteroatoms. The average molecular weight is 506 g/mol. The lowest BCUT2D eigenvalue weighted by molar-refractivity contribution is -0.120. The summed E-state index contributed by atoms with van der Waals surface area (Å²) in [5, 5.41) is 0. The van der Waals surface area contributed by atoms with Gasteiger partial charge in [0.15, 0.2) is 0 Å². The molecule has 9 nitrogen and oxygen atoms in total. The maximum Gasteiger partial charge on any atom is 0.243 e. The Labute approximate surface area is 209 Å².